The van der Waals surface area contributed by atoms with E-state index in [1.807, 2.05) is 6.92 Å². The third-order valence-corrected chi connectivity index (χ3v) is 4.70. The van der Waals surface area contributed by atoms with Crippen molar-refractivity contribution < 1.29 is 22.7 Å². The molecule has 0 radical (unpaired) electrons. The first-order chi connectivity index (χ1) is 11.3. The predicted octanol–water partition coefficient (Wildman–Crippen LogP) is 1.47. The van der Waals surface area contributed by atoms with Crippen molar-refractivity contribution in [3.05, 3.63) is 29.3 Å². The Morgan fingerprint density at radius 2 is 1.83 bits per heavy atom. The Hall–Kier alpha value is -1.64. The minimum absolute atomic E-state index is 0.0487. The van der Waals surface area contributed by atoms with Crippen LogP contribution in [0, 0.1) is 0 Å². The molecule has 0 spiro atoms. The number of sulfonamides is 1. The smallest absolute Gasteiger partial charge is 0.307 e. The van der Waals surface area contributed by atoms with Gasteiger partial charge in [-0.15, -0.1) is 0 Å². The Balaban J connectivity index is 2.42. The van der Waals surface area contributed by atoms with Crippen molar-refractivity contribution in [2.45, 2.75) is 37.7 Å². The highest BCUT2D eigenvalue weighted by molar-refractivity contribution is 7.89. The topological polar surface area (TPSA) is 102 Å². The van der Waals surface area contributed by atoms with Crippen LogP contribution in [0.1, 0.15) is 26.7 Å². The zero-order valence-corrected chi connectivity index (χ0v) is 15.1. The monoisotopic (exact) mass is 376 g/mol. The molecule has 1 amide bonds. The Morgan fingerprint density at radius 3 is 2.42 bits per heavy atom. The lowest BCUT2D eigenvalue weighted by Gasteiger charge is -2.13. The predicted molar refractivity (Wildman–Crippen MR) is 90.1 cm³/mol. The Morgan fingerprint density at radius 1 is 1.21 bits per heavy atom. The van der Waals surface area contributed by atoms with E-state index in [-0.39, 0.29) is 23.8 Å². The zero-order chi connectivity index (χ0) is 18.2. The molecule has 134 valence electrons. The quantitative estimate of drug-likeness (QED) is 0.635. The molecule has 7 nitrogen and oxygen atoms in total. The van der Waals surface area contributed by atoms with Crippen molar-refractivity contribution >= 4 is 33.5 Å². The van der Waals surface area contributed by atoms with Gasteiger partial charge in [0.05, 0.1) is 11.3 Å². The molecule has 1 aromatic rings. The molecule has 0 aliphatic heterocycles. The lowest BCUT2D eigenvalue weighted by molar-refractivity contribution is -0.154. The van der Waals surface area contributed by atoms with Crippen LogP contribution in [0.25, 0.3) is 0 Å². The van der Waals surface area contributed by atoms with Gasteiger partial charge in [-0.05, 0) is 37.6 Å². The number of carbonyl (C=O) groups is 2. The number of hydrogen-bond donors (Lipinski definition) is 2. The molecule has 0 unspecified atom stereocenters. The molecule has 2 N–H and O–H groups in total. The van der Waals surface area contributed by atoms with Crippen LogP contribution in [0.2, 0.25) is 5.02 Å². The molecule has 9 heteroatoms. The van der Waals surface area contributed by atoms with E-state index in [9.17, 15) is 18.0 Å². The molecule has 0 aliphatic carbocycles. The molecule has 0 saturated heterocycles. The van der Waals surface area contributed by atoms with E-state index in [0.717, 1.165) is 6.42 Å². The molecule has 0 saturated carbocycles. The lowest BCUT2D eigenvalue weighted by atomic mass is 10.3. The summed E-state index contributed by atoms with van der Waals surface area (Å²) in [4.78, 5) is 23.3. The summed E-state index contributed by atoms with van der Waals surface area (Å²) < 4.78 is 31.2. The van der Waals surface area contributed by atoms with Gasteiger partial charge >= 0.3 is 5.97 Å². The normalized spacial score (nSPS) is 12.5. The molecule has 0 heterocycles. The number of halogens is 1. The van der Waals surface area contributed by atoms with Crippen LogP contribution < -0.4 is 10.0 Å². The second kappa shape index (κ2) is 9.61. The van der Waals surface area contributed by atoms with Crippen molar-refractivity contribution in [2.24, 2.45) is 0 Å². The third-order valence-electron chi connectivity index (χ3n) is 2.97. The number of ether oxygens (including phenoxy) is 1. The maximum atomic E-state index is 12.0. The van der Waals surface area contributed by atoms with Gasteiger partial charge in [0.25, 0.3) is 5.91 Å². The largest absolute Gasteiger partial charge is 0.453 e. The van der Waals surface area contributed by atoms with Crippen LogP contribution in [-0.2, 0) is 24.3 Å². The van der Waals surface area contributed by atoms with Crippen LogP contribution in [0.15, 0.2) is 29.2 Å². The summed E-state index contributed by atoms with van der Waals surface area (Å²) in [5.41, 5.74) is 0. The summed E-state index contributed by atoms with van der Waals surface area (Å²) in [7, 11) is -3.73. The number of carbonyl (C=O) groups excluding carboxylic acids is 2. The van der Waals surface area contributed by atoms with Gasteiger partial charge in [-0.25, -0.2) is 13.1 Å². The summed E-state index contributed by atoms with van der Waals surface area (Å²) in [6, 6.07) is 5.65. The van der Waals surface area contributed by atoms with Gasteiger partial charge in [-0.2, -0.15) is 0 Å². The van der Waals surface area contributed by atoms with Crippen molar-refractivity contribution in [3.63, 3.8) is 0 Å². The fourth-order valence-corrected chi connectivity index (χ4v) is 2.84. The summed E-state index contributed by atoms with van der Waals surface area (Å²) in [5, 5.41) is 3.03. The molecule has 1 rings (SSSR count). The summed E-state index contributed by atoms with van der Waals surface area (Å²) >= 11 is 5.70. The maximum Gasteiger partial charge on any atom is 0.307 e. The first-order valence-corrected chi connectivity index (χ1v) is 9.34. The third kappa shape index (κ3) is 6.86. The van der Waals surface area contributed by atoms with Crippen LogP contribution >= 0.6 is 11.6 Å². The van der Waals surface area contributed by atoms with Gasteiger partial charge in [0.1, 0.15) is 0 Å². The average Bonchev–Trinajstić information content (AvgIpc) is 2.52. The summed E-state index contributed by atoms with van der Waals surface area (Å²) in [5.74, 6) is -1.04. The van der Waals surface area contributed by atoms with Gasteiger partial charge in [0, 0.05) is 18.1 Å². The molecular formula is C15H21ClN2O5S. The highest BCUT2D eigenvalue weighted by Gasteiger charge is 2.18. The van der Waals surface area contributed by atoms with E-state index in [0.29, 0.717) is 11.6 Å². The molecule has 1 aromatic carbocycles. The zero-order valence-electron chi connectivity index (χ0n) is 13.5. The molecule has 0 aromatic heterocycles. The van der Waals surface area contributed by atoms with Crippen LogP contribution in [0.5, 0.6) is 0 Å². The van der Waals surface area contributed by atoms with E-state index >= 15 is 0 Å². The molecule has 24 heavy (non-hydrogen) atoms. The van der Waals surface area contributed by atoms with E-state index in [4.69, 9.17) is 16.3 Å². The van der Waals surface area contributed by atoms with Crippen LogP contribution in [0.4, 0.5) is 0 Å². The van der Waals surface area contributed by atoms with E-state index < -0.39 is 22.1 Å². The second-order valence-corrected chi connectivity index (χ2v) is 7.23. The van der Waals surface area contributed by atoms with Gasteiger partial charge in [-0.3, -0.25) is 9.59 Å². The Labute approximate surface area is 146 Å². The minimum atomic E-state index is -3.73. The molecule has 0 bridgehead atoms. The van der Waals surface area contributed by atoms with Crippen molar-refractivity contribution in [1.82, 2.24) is 10.0 Å². The number of benzene rings is 1. The second-order valence-electron chi connectivity index (χ2n) is 5.02. The lowest BCUT2D eigenvalue weighted by Crippen LogP contribution is -2.36. The number of nitrogens with one attached hydrogen (secondary N) is 2. The van der Waals surface area contributed by atoms with Gasteiger partial charge in [-0.1, -0.05) is 18.5 Å². The summed E-state index contributed by atoms with van der Waals surface area (Å²) in [6.07, 6.45) is -0.325. The molecule has 0 aliphatic rings. The van der Waals surface area contributed by atoms with E-state index in [1.165, 1.54) is 31.2 Å². The highest BCUT2D eigenvalue weighted by atomic mass is 35.5. The minimum Gasteiger partial charge on any atom is -0.453 e. The fourth-order valence-electron chi connectivity index (χ4n) is 1.69. The molecule has 0 fully saturated rings. The highest BCUT2D eigenvalue weighted by Crippen LogP contribution is 2.13. The van der Waals surface area contributed by atoms with E-state index in [2.05, 4.69) is 10.0 Å². The first kappa shape index (κ1) is 20.4. The number of rotatable bonds is 9. The van der Waals surface area contributed by atoms with Gasteiger partial charge in [0.15, 0.2) is 6.10 Å². The number of amides is 1. The number of esters is 1. The van der Waals surface area contributed by atoms with Gasteiger partial charge < -0.3 is 10.1 Å². The number of hydrogen-bond acceptors (Lipinski definition) is 5. The van der Waals surface area contributed by atoms with Crippen molar-refractivity contribution in [2.75, 3.05) is 13.1 Å². The average molecular weight is 377 g/mol. The SMILES string of the molecule is CCCNC(=O)[C@H](C)OC(=O)CCNS(=O)(=O)c1ccc(Cl)cc1. The van der Waals surface area contributed by atoms with Crippen molar-refractivity contribution in [3.8, 4) is 0 Å². The first-order valence-electron chi connectivity index (χ1n) is 7.48. The van der Waals surface area contributed by atoms with Crippen LogP contribution in [0.3, 0.4) is 0 Å². The fraction of sp³-hybridized carbons (Fsp3) is 0.467. The maximum absolute atomic E-state index is 12.0. The summed E-state index contributed by atoms with van der Waals surface area (Å²) in [6.45, 7) is 3.74. The van der Waals surface area contributed by atoms with Gasteiger partial charge in [0.2, 0.25) is 10.0 Å². The standard InChI is InChI=1S/C15H21ClN2O5S/c1-3-9-17-15(20)11(2)23-14(19)8-10-18-24(21,22)13-6-4-12(16)5-7-13/h4-7,11,18H,3,8-10H2,1-2H3,(H,17,20)/t11-/m0/s1. The van der Waals surface area contributed by atoms with Crippen LogP contribution in [-0.4, -0.2) is 39.5 Å². The molecular weight excluding hydrogens is 356 g/mol. The van der Waals surface area contributed by atoms with Crippen molar-refractivity contribution in [1.29, 1.82) is 0 Å². The Kier molecular flexibility index (Phi) is 8.17. The Bertz CT molecular complexity index is 661. The van der Waals surface area contributed by atoms with E-state index in [1.54, 1.807) is 0 Å². The molecule has 1 atom stereocenters.